The molecular weight excluding hydrogens is 340 g/mol. The topological polar surface area (TPSA) is 105 Å². The fourth-order valence-electron chi connectivity index (χ4n) is 2.65. The highest BCUT2D eigenvalue weighted by atomic mass is 16.5. The molecule has 0 aliphatic carbocycles. The number of likely N-dealkylation sites (tertiary alicyclic amines) is 1. The molecule has 0 aromatic heterocycles. The van der Waals surface area contributed by atoms with Gasteiger partial charge in [0.1, 0.15) is 5.75 Å². The molecule has 2 N–H and O–H groups in total. The zero-order valence-electron chi connectivity index (χ0n) is 14.8. The number of carbonyl (C=O) groups excluding carboxylic acids is 2. The maximum absolute atomic E-state index is 12.1. The van der Waals surface area contributed by atoms with Gasteiger partial charge in [0.2, 0.25) is 0 Å². The largest absolute Gasteiger partial charge is 0.494 e. The number of nitrogens with one attached hydrogen (secondary N) is 1. The van der Waals surface area contributed by atoms with Gasteiger partial charge in [-0.05, 0) is 30.5 Å². The molecule has 142 valence electrons. The second kappa shape index (κ2) is 9.65. The molecule has 8 heteroatoms. The summed E-state index contributed by atoms with van der Waals surface area (Å²) in [6.45, 7) is 1.49. The Morgan fingerprint density at radius 1 is 1.27 bits per heavy atom. The fraction of sp³-hybridized carbons (Fsp3) is 0.500. The number of aliphatic carboxylic acids is 1. The van der Waals surface area contributed by atoms with E-state index in [-0.39, 0.29) is 18.5 Å². The zero-order chi connectivity index (χ0) is 18.9. The zero-order valence-corrected chi connectivity index (χ0v) is 14.8. The number of rotatable bonds is 8. The van der Waals surface area contributed by atoms with Gasteiger partial charge in [0.05, 0.1) is 19.6 Å². The van der Waals surface area contributed by atoms with Crippen molar-refractivity contribution in [3.8, 4) is 5.75 Å². The van der Waals surface area contributed by atoms with Crippen LogP contribution in [0.5, 0.6) is 5.75 Å². The van der Waals surface area contributed by atoms with Gasteiger partial charge >= 0.3 is 18.0 Å². The van der Waals surface area contributed by atoms with Crippen LogP contribution in [0.15, 0.2) is 24.3 Å². The van der Waals surface area contributed by atoms with Crippen molar-refractivity contribution in [3.05, 3.63) is 29.8 Å². The smallest absolute Gasteiger partial charge is 0.317 e. The summed E-state index contributed by atoms with van der Waals surface area (Å²) in [5.41, 5.74) is 0.911. The van der Waals surface area contributed by atoms with E-state index in [1.807, 2.05) is 12.1 Å². The van der Waals surface area contributed by atoms with Gasteiger partial charge in [0, 0.05) is 26.1 Å². The number of carboxylic acids is 1. The number of carboxylic acid groups (broad SMARTS) is 1. The first-order valence-corrected chi connectivity index (χ1v) is 8.53. The highest BCUT2D eigenvalue weighted by Crippen LogP contribution is 2.17. The number of methoxy groups -OCH3 is 1. The van der Waals surface area contributed by atoms with Gasteiger partial charge in [-0.2, -0.15) is 0 Å². The second-order valence-electron chi connectivity index (χ2n) is 6.10. The minimum atomic E-state index is -0.859. The molecule has 0 saturated carbocycles. The highest BCUT2D eigenvalue weighted by Gasteiger charge is 2.30. The second-order valence-corrected chi connectivity index (χ2v) is 6.10. The maximum Gasteiger partial charge on any atom is 0.317 e. The van der Waals surface area contributed by atoms with Crippen LogP contribution >= 0.6 is 0 Å². The first kappa shape index (κ1) is 19.6. The monoisotopic (exact) mass is 364 g/mol. The minimum Gasteiger partial charge on any atom is -0.494 e. The summed E-state index contributed by atoms with van der Waals surface area (Å²) in [5.74, 6) is -0.903. The van der Waals surface area contributed by atoms with Crippen LogP contribution in [-0.4, -0.2) is 54.8 Å². The Morgan fingerprint density at radius 3 is 2.62 bits per heavy atom. The number of nitrogens with zero attached hydrogens (tertiary/aromatic N) is 1. The Labute approximate surface area is 152 Å². The molecule has 1 fully saturated rings. The Balaban J connectivity index is 1.69. The normalized spacial score (nSPS) is 16.2. The third-order valence-corrected chi connectivity index (χ3v) is 4.21. The lowest BCUT2D eigenvalue weighted by molar-refractivity contribution is -0.141. The fourth-order valence-corrected chi connectivity index (χ4v) is 2.65. The van der Waals surface area contributed by atoms with Gasteiger partial charge in [-0.3, -0.25) is 9.59 Å². The predicted molar refractivity (Wildman–Crippen MR) is 92.7 cm³/mol. The molecule has 1 heterocycles. The molecule has 2 amide bonds. The minimum absolute atomic E-state index is 0.250. The molecule has 1 aliphatic heterocycles. The Morgan fingerprint density at radius 2 is 2.00 bits per heavy atom. The third-order valence-electron chi connectivity index (χ3n) is 4.21. The molecule has 1 aliphatic rings. The molecule has 2 rings (SSSR count). The van der Waals surface area contributed by atoms with Crippen LogP contribution in [0.1, 0.15) is 24.8 Å². The quantitative estimate of drug-likeness (QED) is 0.537. The van der Waals surface area contributed by atoms with E-state index in [1.54, 1.807) is 12.1 Å². The Hall–Kier alpha value is -2.77. The number of hydrogen-bond donors (Lipinski definition) is 2. The van der Waals surface area contributed by atoms with Crippen molar-refractivity contribution in [2.45, 2.75) is 25.8 Å². The van der Waals surface area contributed by atoms with Crippen LogP contribution in [0.2, 0.25) is 0 Å². The van der Waals surface area contributed by atoms with E-state index >= 15 is 0 Å². The van der Waals surface area contributed by atoms with Gasteiger partial charge in [-0.15, -0.1) is 0 Å². The van der Waals surface area contributed by atoms with E-state index in [9.17, 15) is 14.4 Å². The Kier molecular flexibility index (Phi) is 7.25. The lowest BCUT2D eigenvalue weighted by Gasteiger charge is -2.16. The number of hydrogen-bond acceptors (Lipinski definition) is 5. The molecular formula is C18H24N2O6. The average molecular weight is 364 g/mol. The van der Waals surface area contributed by atoms with Crippen molar-refractivity contribution in [1.82, 2.24) is 10.2 Å². The van der Waals surface area contributed by atoms with E-state index in [0.29, 0.717) is 44.7 Å². The summed E-state index contributed by atoms with van der Waals surface area (Å²) >= 11 is 0. The van der Waals surface area contributed by atoms with E-state index in [1.165, 1.54) is 12.0 Å². The first-order valence-electron chi connectivity index (χ1n) is 8.53. The number of esters is 1. The van der Waals surface area contributed by atoms with Gasteiger partial charge in [-0.25, -0.2) is 4.79 Å². The van der Waals surface area contributed by atoms with Crippen LogP contribution in [-0.2, 0) is 20.9 Å². The van der Waals surface area contributed by atoms with E-state index < -0.39 is 11.9 Å². The van der Waals surface area contributed by atoms with Crippen molar-refractivity contribution >= 4 is 18.0 Å². The lowest BCUT2D eigenvalue weighted by atomic mass is 10.1. The molecule has 0 spiro atoms. The van der Waals surface area contributed by atoms with E-state index in [0.717, 1.165) is 5.56 Å². The van der Waals surface area contributed by atoms with E-state index in [2.05, 4.69) is 10.1 Å². The number of carbonyl (C=O) groups is 3. The van der Waals surface area contributed by atoms with Crippen LogP contribution < -0.4 is 10.1 Å². The van der Waals surface area contributed by atoms with Gasteiger partial charge in [-0.1, -0.05) is 12.1 Å². The summed E-state index contributed by atoms with van der Waals surface area (Å²) in [6, 6.07) is 7.04. The number of ether oxygens (including phenoxy) is 2. The maximum atomic E-state index is 12.1. The molecule has 1 unspecified atom stereocenters. The molecule has 1 saturated heterocycles. The van der Waals surface area contributed by atoms with Crippen LogP contribution in [0.4, 0.5) is 4.79 Å². The van der Waals surface area contributed by atoms with Gasteiger partial charge in [0.15, 0.2) is 0 Å². The molecule has 1 aromatic carbocycles. The van der Waals surface area contributed by atoms with E-state index in [4.69, 9.17) is 9.84 Å². The van der Waals surface area contributed by atoms with Crippen molar-refractivity contribution < 1.29 is 29.0 Å². The summed E-state index contributed by atoms with van der Waals surface area (Å²) in [6.07, 6.45) is 1.39. The first-order chi connectivity index (χ1) is 12.5. The standard InChI is InChI=1S/C18H24N2O6/c1-25-16(21)3-2-10-26-15-6-4-13(5-7-15)11-19-18(24)20-9-8-14(12-20)17(22)23/h4-7,14H,2-3,8-12H2,1H3,(H,19,24)(H,22,23). The molecule has 1 atom stereocenters. The highest BCUT2D eigenvalue weighted by molar-refractivity contribution is 5.77. The summed E-state index contributed by atoms with van der Waals surface area (Å²) in [7, 11) is 1.36. The predicted octanol–water partition coefficient (Wildman–Crippen LogP) is 1.63. The SMILES string of the molecule is COC(=O)CCCOc1ccc(CNC(=O)N2CCC(C(=O)O)C2)cc1. The molecule has 8 nitrogen and oxygen atoms in total. The molecule has 1 aromatic rings. The Bertz CT molecular complexity index is 631. The van der Waals surface area contributed by atoms with Crippen molar-refractivity contribution in [2.75, 3.05) is 26.8 Å². The molecule has 0 radical (unpaired) electrons. The van der Waals surface area contributed by atoms with Crippen LogP contribution in [0.25, 0.3) is 0 Å². The lowest BCUT2D eigenvalue weighted by Crippen LogP contribution is -2.38. The number of amides is 2. The third kappa shape index (κ3) is 5.94. The van der Waals surface area contributed by atoms with Crippen LogP contribution in [0.3, 0.4) is 0 Å². The van der Waals surface area contributed by atoms with Crippen molar-refractivity contribution in [3.63, 3.8) is 0 Å². The number of benzene rings is 1. The average Bonchev–Trinajstić information content (AvgIpc) is 3.14. The van der Waals surface area contributed by atoms with Gasteiger partial charge < -0.3 is 24.8 Å². The summed E-state index contributed by atoms with van der Waals surface area (Å²) in [4.78, 5) is 35.5. The van der Waals surface area contributed by atoms with Crippen molar-refractivity contribution in [1.29, 1.82) is 0 Å². The van der Waals surface area contributed by atoms with Crippen LogP contribution in [0, 0.1) is 5.92 Å². The molecule has 26 heavy (non-hydrogen) atoms. The summed E-state index contributed by atoms with van der Waals surface area (Å²) < 4.78 is 10.1. The van der Waals surface area contributed by atoms with Gasteiger partial charge in [0.25, 0.3) is 0 Å². The summed E-state index contributed by atoms with van der Waals surface area (Å²) in [5, 5.41) is 11.8. The molecule has 0 bridgehead atoms. The van der Waals surface area contributed by atoms with Crippen molar-refractivity contribution in [2.24, 2.45) is 5.92 Å². The number of urea groups is 1.